The Bertz CT molecular complexity index is 621. The number of ether oxygens (including phenoxy) is 1. The third kappa shape index (κ3) is 6.90. The van der Waals surface area contributed by atoms with Crippen LogP contribution in [0.2, 0.25) is 5.02 Å². The summed E-state index contributed by atoms with van der Waals surface area (Å²) in [4.78, 5) is 22.0. The molecule has 0 aromatic heterocycles. The average molecular weight is 425 g/mol. The van der Waals surface area contributed by atoms with Crippen LogP contribution >= 0.6 is 27.5 Å². The Kier molecular flexibility index (Phi) is 7.25. The number of aliphatic hydroxyl groups excluding tert-OH is 1. The fourth-order valence-electron chi connectivity index (χ4n) is 1.69. The van der Waals surface area contributed by atoms with Crippen molar-refractivity contribution in [3.05, 3.63) is 31.7 Å². The van der Waals surface area contributed by atoms with E-state index in [-0.39, 0.29) is 29.5 Å². The van der Waals surface area contributed by atoms with E-state index in [0.717, 1.165) is 0 Å². The number of hydrogen-bond donors (Lipinski definition) is 3. The molecule has 1 atom stereocenters. The van der Waals surface area contributed by atoms with Gasteiger partial charge in [0.25, 0.3) is 5.69 Å². The molecule has 0 aliphatic rings. The maximum absolute atomic E-state index is 11.5. The topological polar surface area (TPSA) is 114 Å². The smallest absolute Gasteiger partial charge is 0.407 e. The molecular formula is C14H19BrClN3O5. The van der Waals surface area contributed by atoms with E-state index in [1.165, 1.54) is 12.1 Å². The molecule has 0 aliphatic carbocycles. The number of nitro groups is 1. The van der Waals surface area contributed by atoms with Crippen molar-refractivity contribution in [2.24, 2.45) is 0 Å². The first-order chi connectivity index (χ1) is 11.0. The fraction of sp³-hybridized carbons (Fsp3) is 0.500. The molecule has 1 amide bonds. The van der Waals surface area contributed by atoms with E-state index >= 15 is 0 Å². The third-order valence-electron chi connectivity index (χ3n) is 2.63. The number of anilines is 1. The van der Waals surface area contributed by atoms with Crippen molar-refractivity contribution in [3.63, 3.8) is 0 Å². The van der Waals surface area contributed by atoms with Crippen LogP contribution in [-0.4, -0.2) is 40.9 Å². The number of amides is 1. The van der Waals surface area contributed by atoms with E-state index < -0.39 is 22.7 Å². The number of nitrogens with one attached hydrogen (secondary N) is 2. The lowest BCUT2D eigenvalue weighted by molar-refractivity contribution is -0.384. The number of halogens is 2. The van der Waals surface area contributed by atoms with E-state index in [4.69, 9.17) is 16.3 Å². The minimum atomic E-state index is -0.972. The molecule has 0 saturated carbocycles. The molecular weight excluding hydrogens is 406 g/mol. The molecule has 0 fully saturated rings. The maximum Gasteiger partial charge on any atom is 0.407 e. The molecule has 1 aromatic carbocycles. The van der Waals surface area contributed by atoms with E-state index in [9.17, 15) is 20.0 Å². The van der Waals surface area contributed by atoms with Gasteiger partial charge >= 0.3 is 6.09 Å². The van der Waals surface area contributed by atoms with Crippen molar-refractivity contribution in [1.29, 1.82) is 0 Å². The molecule has 0 heterocycles. The average Bonchev–Trinajstić information content (AvgIpc) is 2.41. The van der Waals surface area contributed by atoms with Crippen LogP contribution in [0.3, 0.4) is 0 Å². The van der Waals surface area contributed by atoms with E-state index in [1.807, 2.05) is 0 Å². The van der Waals surface area contributed by atoms with Gasteiger partial charge in [0.15, 0.2) is 0 Å². The van der Waals surface area contributed by atoms with Gasteiger partial charge in [0.05, 0.1) is 11.0 Å². The van der Waals surface area contributed by atoms with Crippen molar-refractivity contribution in [1.82, 2.24) is 5.32 Å². The second-order valence-corrected chi connectivity index (χ2v) is 7.25. The van der Waals surface area contributed by atoms with Crippen molar-refractivity contribution in [3.8, 4) is 0 Å². The van der Waals surface area contributed by atoms with Crippen LogP contribution in [-0.2, 0) is 4.74 Å². The van der Waals surface area contributed by atoms with Crippen LogP contribution in [0.5, 0.6) is 0 Å². The highest BCUT2D eigenvalue weighted by Crippen LogP contribution is 2.35. The predicted octanol–water partition coefficient (Wildman–Crippen LogP) is 3.31. The van der Waals surface area contributed by atoms with Gasteiger partial charge in [-0.3, -0.25) is 10.1 Å². The Balaban J connectivity index is 2.60. The molecule has 0 aliphatic heterocycles. The van der Waals surface area contributed by atoms with Crippen LogP contribution in [0.25, 0.3) is 0 Å². The van der Waals surface area contributed by atoms with Gasteiger partial charge in [-0.2, -0.15) is 0 Å². The van der Waals surface area contributed by atoms with Crippen molar-refractivity contribution in [2.45, 2.75) is 32.5 Å². The maximum atomic E-state index is 11.5. The largest absolute Gasteiger partial charge is 0.444 e. The number of hydrogen-bond acceptors (Lipinski definition) is 6. The number of carbonyl (C=O) groups is 1. The van der Waals surface area contributed by atoms with Crippen LogP contribution in [0.15, 0.2) is 16.6 Å². The van der Waals surface area contributed by atoms with Crippen LogP contribution < -0.4 is 10.6 Å². The van der Waals surface area contributed by atoms with Crippen LogP contribution in [0.1, 0.15) is 20.8 Å². The number of aliphatic hydroxyl groups is 1. The Morgan fingerprint density at radius 3 is 2.62 bits per heavy atom. The Hall–Kier alpha value is -1.58. The van der Waals surface area contributed by atoms with Crippen molar-refractivity contribution >= 4 is 45.0 Å². The second-order valence-electron chi connectivity index (χ2n) is 5.96. The number of alkyl carbamates (subject to hydrolysis) is 1. The highest BCUT2D eigenvalue weighted by molar-refractivity contribution is 9.10. The van der Waals surface area contributed by atoms with Gasteiger partial charge in [-0.15, -0.1) is 0 Å². The molecule has 24 heavy (non-hydrogen) atoms. The molecule has 0 bridgehead atoms. The molecule has 0 radical (unpaired) electrons. The zero-order valence-electron chi connectivity index (χ0n) is 13.4. The summed E-state index contributed by atoms with van der Waals surface area (Å²) in [7, 11) is 0. The molecule has 1 rings (SSSR count). The molecule has 10 heteroatoms. The lowest BCUT2D eigenvalue weighted by Gasteiger charge is -2.20. The summed E-state index contributed by atoms with van der Waals surface area (Å²) in [5.41, 5.74) is -0.662. The minimum absolute atomic E-state index is 0.0170. The van der Waals surface area contributed by atoms with Gasteiger partial charge in [0.1, 0.15) is 11.3 Å². The molecule has 1 aromatic rings. The van der Waals surface area contributed by atoms with Crippen LogP contribution in [0.4, 0.5) is 16.2 Å². The van der Waals surface area contributed by atoms with Crippen LogP contribution in [0, 0.1) is 10.1 Å². The lowest BCUT2D eigenvalue weighted by atomic mass is 10.2. The van der Waals surface area contributed by atoms with Crippen molar-refractivity contribution < 1.29 is 19.6 Å². The van der Waals surface area contributed by atoms with Gasteiger partial charge in [0.2, 0.25) is 0 Å². The van der Waals surface area contributed by atoms with Gasteiger partial charge in [-0.1, -0.05) is 11.6 Å². The monoisotopic (exact) mass is 423 g/mol. The summed E-state index contributed by atoms with van der Waals surface area (Å²) < 4.78 is 5.44. The van der Waals surface area contributed by atoms with Gasteiger partial charge < -0.3 is 20.5 Å². The van der Waals surface area contributed by atoms with E-state index in [2.05, 4.69) is 26.6 Å². The zero-order chi connectivity index (χ0) is 18.5. The minimum Gasteiger partial charge on any atom is -0.444 e. The first-order valence-electron chi connectivity index (χ1n) is 7.02. The standard InChI is InChI=1S/C14H19BrClN3O5/c1-14(2,3)24-13(21)18-7-9(20)6-17-12-10(15)4-8(16)5-11(12)19(22)23/h4-5,9,17,20H,6-7H2,1-3H3,(H,18,21). The Labute approximate surface area is 152 Å². The van der Waals surface area contributed by atoms with Crippen molar-refractivity contribution in [2.75, 3.05) is 18.4 Å². The molecule has 8 nitrogen and oxygen atoms in total. The quantitative estimate of drug-likeness (QED) is 0.477. The summed E-state index contributed by atoms with van der Waals surface area (Å²) >= 11 is 8.98. The molecule has 1 unspecified atom stereocenters. The Morgan fingerprint density at radius 2 is 2.08 bits per heavy atom. The lowest BCUT2D eigenvalue weighted by Crippen LogP contribution is -2.39. The molecule has 3 N–H and O–H groups in total. The summed E-state index contributed by atoms with van der Waals surface area (Å²) in [6, 6.07) is 2.71. The number of nitrogens with zero attached hydrogens (tertiary/aromatic N) is 1. The van der Waals surface area contributed by atoms with E-state index in [0.29, 0.717) is 4.47 Å². The van der Waals surface area contributed by atoms with E-state index in [1.54, 1.807) is 20.8 Å². The predicted molar refractivity (Wildman–Crippen MR) is 94.5 cm³/mol. The molecule has 0 saturated heterocycles. The van der Waals surface area contributed by atoms with Gasteiger partial charge in [-0.05, 0) is 42.8 Å². The molecule has 0 spiro atoms. The van der Waals surface area contributed by atoms with Gasteiger partial charge in [-0.25, -0.2) is 4.79 Å². The normalized spacial score (nSPS) is 12.4. The summed E-state index contributed by atoms with van der Waals surface area (Å²) in [5, 5.41) is 26.4. The summed E-state index contributed by atoms with van der Waals surface area (Å²) in [6.07, 6.45) is -1.63. The summed E-state index contributed by atoms with van der Waals surface area (Å²) in [6.45, 7) is 5.09. The van der Waals surface area contributed by atoms with Gasteiger partial charge in [0, 0.05) is 28.7 Å². The fourth-order valence-corrected chi connectivity index (χ4v) is 2.62. The highest BCUT2D eigenvalue weighted by Gasteiger charge is 2.20. The third-order valence-corrected chi connectivity index (χ3v) is 3.47. The second kappa shape index (κ2) is 8.50. The number of rotatable bonds is 6. The SMILES string of the molecule is CC(C)(C)OC(=O)NCC(O)CNc1c(Br)cc(Cl)cc1[N+](=O)[O-]. The number of benzene rings is 1. The molecule has 134 valence electrons. The Morgan fingerprint density at radius 1 is 1.46 bits per heavy atom. The number of nitro benzene ring substituents is 1. The highest BCUT2D eigenvalue weighted by atomic mass is 79.9. The summed E-state index contributed by atoms with van der Waals surface area (Å²) in [5.74, 6) is 0. The number of carbonyl (C=O) groups excluding carboxylic acids is 1. The zero-order valence-corrected chi connectivity index (χ0v) is 15.8. The first kappa shape index (κ1) is 20.5. The first-order valence-corrected chi connectivity index (χ1v) is 8.19.